The van der Waals surface area contributed by atoms with Crippen molar-refractivity contribution >= 4 is 24.2 Å². The van der Waals surface area contributed by atoms with Crippen molar-refractivity contribution < 1.29 is 8.82 Å². The van der Waals surface area contributed by atoms with Crippen LogP contribution in [-0.2, 0) is 4.43 Å². The minimum Gasteiger partial charge on any atom is -0.417 e. The fourth-order valence-corrected chi connectivity index (χ4v) is 3.89. The number of nitrogens with one attached hydrogen (secondary N) is 1. The number of nitrogens with zero attached hydrogens (tertiary/aromatic N) is 1. The van der Waals surface area contributed by atoms with E-state index in [0.717, 1.165) is 4.57 Å². The highest BCUT2D eigenvalue weighted by atomic mass is 79.9. The number of hydrogen-bond donors (Lipinski definition) is 1. The van der Waals surface area contributed by atoms with Gasteiger partial charge in [-0.25, -0.2) is 9.18 Å². The first-order valence-electron chi connectivity index (χ1n) is 8.83. The normalized spacial score (nSPS) is 13.6. The van der Waals surface area contributed by atoms with Crippen molar-refractivity contribution in [2.45, 2.75) is 51.4 Å². The maximum Gasteiger partial charge on any atom is 0.328 e. The van der Waals surface area contributed by atoms with Gasteiger partial charge in [-0.3, -0.25) is 9.36 Å². The number of aromatic amines is 1. The van der Waals surface area contributed by atoms with Crippen LogP contribution in [0, 0.1) is 5.82 Å². The molecule has 0 bridgehead atoms. The topological polar surface area (TPSA) is 64.1 Å². The van der Waals surface area contributed by atoms with Crippen LogP contribution in [0.15, 0.2) is 44.5 Å². The maximum absolute atomic E-state index is 13.4. The molecule has 148 valence electrons. The van der Waals surface area contributed by atoms with Gasteiger partial charge >= 0.3 is 5.69 Å². The van der Waals surface area contributed by atoms with E-state index >= 15 is 0 Å². The molecule has 1 atom stereocenters. The molecule has 0 aliphatic carbocycles. The van der Waals surface area contributed by atoms with Crippen molar-refractivity contribution in [2.24, 2.45) is 0 Å². The summed E-state index contributed by atoms with van der Waals surface area (Å²) in [6, 6.07) is 5.30. The van der Waals surface area contributed by atoms with E-state index in [2.05, 4.69) is 54.8 Å². The molecule has 0 radical (unpaired) electrons. The van der Waals surface area contributed by atoms with Crippen molar-refractivity contribution in [2.75, 3.05) is 6.61 Å². The Morgan fingerprint density at radius 2 is 1.81 bits per heavy atom. The molecule has 0 amide bonds. The lowest BCUT2D eigenvalue weighted by Gasteiger charge is -2.36. The zero-order chi connectivity index (χ0) is 20.4. The van der Waals surface area contributed by atoms with Gasteiger partial charge in [-0.05, 0) is 58.2 Å². The number of aromatic nitrogens is 2. The van der Waals surface area contributed by atoms with Crippen molar-refractivity contribution in [3.05, 3.63) is 67.2 Å². The third kappa shape index (κ3) is 5.06. The van der Waals surface area contributed by atoms with E-state index in [1.165, 1.54) is 18.3 Å². The number of H-pyrrole nitrogens is 1. The molecular weight excluding hydrogens is 431 g/mol. The molecule has 0 saturated carbocycles. The SMILES string of the molecule is CC(C)(C)[Si](C)(C)OCCC(c1ccc(F)cc1)n1c(=O)[nH]cc(Br)c1=O. The van der Waals surface area contributed by atoms with Gasteiger partial charge in [0, 0.05) is 12.8 Å². The lowest BCUT2D eigenvalue weighted by Crippen LogP contribution is -2.42. The van der Waals surface area contributed by atoms with Crippen LogP contribution in [0.2, 0.25) is 18.1 Å². The van der Waals surface area contributed by atoms with Crippen LogP contribution in [0.25, 0.3) is 0 Å². The first kappa shape index (κ1) is 21.8. The Morgan fingerprint density at radius 3 is 2.37 bits per heavy atom. The molecule has 0 spiro atoms. The molecule has 2 rings (SSSR count). The Hall–Kier alpha value is -1.51. The van der Waals surface area contributed by atoms with Crippen molar-refractivity contribution in [1.82, 2.24) is 9.55 Å². The smallest absolute Gasteiger partial charge is 0.328 e. The Labute approximate surface area is 167 Å². The predicted octanol–water partition coefficient (Wildman–Crippen LogP) is 4.44. The van der Waals surface area contributed by atoms with Crippen LogP contribution in [0.4, 0.5) is 4.39 Å². The molecule has 0 aliphatic rings. The predicted molar refractivity (Wildman–Crippen MR) is 111 cm³/mol. The van der Waals surface area contributed by atoms with E-state index < -0.39 is 25.6 Å². The molecular formula is C19H26BrFN2O3Si. The molecule has 1 unspecified atom stereocenters. The fourth-order valence-electron chi connectivity index (χ4n) is 2.52. The van der Waals surface area contributed by atoms with E-state index in [4.69, 9.17) is 4.43 Å². The average molecular weight is 457 g/mol. The van der Waals surface area contributed by atoms with Gasteiger partial charge in [-0.2, -0.15) is 0 Å². The first-order chi connectivity index (χ1) is 12.4. The fraction of sp³-hybridized carbons (Fsp3) is 0.474. The Morgan fingerprint density at radius 1 is 1.22 bits per heavy atom. The molecule has 1 N–H and O–H groups in total. The van der Waals surface area contributed by atoms with Crippen LogP contribution in [0.1, 0.15) is 38.8 Å². The zero-order valence-electron chi connectivity index (χ0n) is 16.3. The van der Waals surface area contributed by atoms with E-state index in [1.54, 1.807) is 12.1 Å². The second-order valence-corrected chi connectivity index (χ2v) is 13.7. The van der Waals surface area contributed by atoms with Gasteiger partial charge in [0.15, 0.2) is 8.32 Å². The number of rotatable bonds is 6. The van der Waals surface area contributed by atoms with Gasteiger partial charge < -0.3 is 9.41 Å². The molecule has 0 saturated heterocycles. The Bertz CT molecular complexity index is 901. The monoisotopic (exact) mass is 456 g/mol. The minimum absolute atomic E-state index is 0.0580. The van der Waals surface area contributed by atoms with Crippen LogP contribution < -0.4 is 11.2 Å². The summed E-state index contributed by atoms with van der Waals surface area (Å²) in [6.07, 6.45) is 1.76. The molecule has 2 aromatic rings. The first-order valence-corrected chi connectivity index (χ1v) is 12.5. The van der Waals surface area contributed by atoms with Crippen LogP contribution >= 0.6 is 15.9 Å². The second-order valence-electron chi connectivity index (χ2n) is 8.08. The van der Waals surface area contributed by atoms with Gasteiger partial charge in [0.05, 0.1) is 10.5 Å². The second kappa shape index (κ2) is 8.24. The van der Waals surface area contributed by atoms with Crippen LogP contribution in [0.3, 0.4) is 0 Å². The zero-order valence-corrected chi connectivity index (χ0v) is 18.9. The summed E-state index contributed by atoms with van der Waals surface area (Å²) in [6.45, 7) is 11.2. The summed E-state index contributed by atoms with van der Waals surface area (Å²) in [5.41, 5.74) is -0.258. The summed E-state index contributed by atoms with van der Waals surface area (Å²) in [4.78, 5) is 27.5. The Balaban J connectivity index is 2.38. The summed E-state index contributed by atoms with van der Waals surface area (Å²) in [5, 5.41) is 0.0580. The standard InChI is InChI=1S/C19H26BrFN2O3Si/c1-19(2,3)27(4,5)26-11-10-16(13-6-8-14(21)9-7-13)23-17(24)15(20)12-22-18(23)25/h6-9,12,16H,10-11H2,1-5H3,(H,22,25). The molecule has 1 aromatic heterocycles. The van der Waals surface area contributed by atoms with Gasteiger partial charge in [0.25, 0.3) is 5.56 Å². The number of benzene rings is 1. The maximum atomic E-state index is 13.4. The van der Waals surface area contributed by atoms with Crippen molar-refractivity contribution in [3.63, 3.8) is 0 Å². The van der Waals surface area contributed by atoms with E-state index in [9.17, 15) is 14.0 Å². The third-order valence-electron chi connectivity index (χ3n) is 5.19. The van der Waals surface area contributed by atoms with Gasteiger partial charge in [-0.15, -0.1) is 0 Å². The highest BCUT2D eigenvalue weighted by Gasteiger charge is 2.37. The summed E-state index contributed by atoms with van der Waals surface area (Å²) in [7, 11) is -1.96. The molecule has 27 heavy (non-hydrogen) atoms. The third-order valence-corrected chi connectivity index (χ3v) is 10.3. The van der Waals surface area contributed by atoms with Crippen molar-refractivity contribution in [1.29, 1.82) is 0 Å². The largest absolute Gasteiger partial charge is 0.417 e. The molecule has 8 heteroatoms. The number of hydrogen-bond acceptors (Lipinski definition) is 3. The van der Waals surface area contributed by atoms with E-state index in [0.29, 0.717) is 18.6 Å². The van der Waals surface area contributed by atoms with E-state index in [1.807, 2.05) is 0 Å². The summed E-state index contributed by atoms with van der Waals surface area (Å²) < 4.78 is 21.0. The average Bonchev–Trinajstić information content (AvgIpc) is 2.57. The summed E-state index contributed by atoms with van der Waals surface area (Å²) in [5.74, 6) is -0.370. The van der Waals surface area contributed by atoms with Crippen LogP contribution in [0.5, 0.6) is 0 Å². The van der Waals surface area contributed by atoms with Gasteiger partial charge in [-0.1, -0.05) is 32.9 Å². The lowest BCUT2D eigenvalue weighted by molar-refractivity contribution is 0.262. The molecule has 5 nitrogen and oxygen atoms in total. The Kier molecular flexibility index (Phi) is 6.65. The lowest BCUT2D eigenvalue weighted by atomic mass is 10.0. The molecule has 0 fully saturated rings. The van der Waals surface area contributed by atoms with Crippen LogP contribution in [-0.4, -0.2) is 24.5 Å². The molecule has 0 aliphatic heterocycles. The minimum atomic E-state index is -1.96. The molecule has 1 heterocycles. The highest BCUT2D eigenvalue weighted by molar-refractivity contribution is 9.10. The van der Waals surface area contributed by atoms with E-state index in [-0.39, 0.29) is 15.3 Å². The van der Waals surface area contributed by atoms with Crippen molar-refractivity contribution in [3.8, 4) is 0 Å². The quantitative estimate of drug-likeness (QED) is 0.653. The summed E-state index contributed by atoms with van der Waals surface area (Å²) >= 11 is 3.17. The highest BCUT2D eigenvalue weighted by Crippen LogP contribution is 2.37. The van der Waals surface area contributed by atoms with Gasteiger partial charge in [0.1, 0.15) is 5.82 Å². The number of halogens is 2. The molecule has 1 aromatic carbocycles. The van der Waals surface area contributed by atoms with Gasteiger partial charge in [0.2, 0.25) is 0 Å².